The van der Waals surface area contributed by atoms with Gasteiger partial charge in [-0.15, -0.1) is 0 Å². The standard InChI is InChI=1S/C14H29N/c1-11(13(2,3)4)15-12-7-9-14(5,6)10-8-12/h11-12,15H,7-10H2,1-6H3. The molecule has 0 aliphatic heterocycles. The van der Waals surface area contributed by atoms with E-state index in [2.05, 4.69) is 46.9 Å². The van der Waals surface area contributed by atoms with Crippen molar-refractivity contribution in [3.05, 3.63) is 0 Å². The Balaban J connectivity index is 2.36. The van der Waals surface area contributed by atoms with Gasteiger partial charge < -0.3 is 5.32 Å². The molecule has 0 aromatic carbocycles. The minimum Gasteiger partial charge on any atom is -0.311 e. The first-order valence-corrected chi connectivity index (χ1v) is 6.47. The van der Waals surface area contributed by atoms with Crippen molar-refractivity contribution in [3.63, 3.8) is 0 Å². The van der Waals surface area contributed by atoms with E-state index in [1.54, 1.807) is 0 Å². The fraction of sp³-hybridized carbons (Fsp3) is 1.00. The van der Waals surface area contributed by atoms with Crippen molar-refractivity contribution in [2.45, 2.75) is 79.3 Å². The van der Waals surface area contributed by atoms with Crippen molar-refractivity contribution >= 4 is 0 Å². The van der Waals surface area contributed by atoms with Gasteiger partial charge in [0.25, 0.3) is 0 Å². The zero-order chi connectivity index (χ0) is 11.7. The molecule has 1 rings (SSSR count). The summed E-state index contributed by atoms with van der Waals surface area (Å²) in [5, 5.41) is 3.80. The fourth-order valence-corrected chi connectivity index (χ4v) is 2.17. The molecule has 0 saturated heterocycles. The highest BCUT2D eigenvalue weighted by molar-refractivity contribution is 4.86. The number of hydrogen-bond acceptors (Lipinski definition) is 1. The van der Waals surface area contributed by atoms with Crippen molar-refractivity contribution in [2.24, 2.45) is 10.8 Å². The second-order valence-corrected chi connectivity index (χ2v) is 7.19. The molecule has 1 aliphatic rings. The van der Waals surface area contributed by atoms with Crippen molar-refractivity contribution in [2.75, 3.05) is 0 Å². The summed E-state index contributed by atoms with van der Waals surface area (Å²) >= 11 is 0. The van der Waals surface area contributed by atoms with E-state index < -0.39 is 0 Å². The average molecular weight is 211 g/mol. The first-order valence-electron chi connectivity index (χ1n) is 6.47. The molecule has 1 heteroatoms. The zero-order valence-corrected chi connectivity index (χ0v) is 11.5. The first kappa shape index (κ1) is 13.0. The third-order valence-electron chi connectivity index (χ3n) is 4.12. The van der Waals surface area contributed by atoms with Crippen LogP contribution in [0.2, 0.25) is 0 Å². The van der Waals surface area contributed by atoms with E-state index in [4.69, 9.17) is 0 Å². The molecule has 1 saturated carbocycles. The average Bonchev–Trinajstić information content (AvgIpc) is 2.07. The van der Waals surface area contributed by atoms with Crippen LogP contribution in [0.1, 0.15) is 67.2 Å². The van der Waals surface area contributed by atoms with Gasteiger partial charge in [0, 0.05) is 12.1 Å². The normalized spacial score (nSPS) is 25.2. The molecule has 0 aromatic heterocycles. The number of rotatable bonds is 2. The van der Waals surface area contributed by atoms with Gasteiger partial charge in [0.15, 0.2) is 0 Å². The molecular formula is C14H29N. The quantitative estimate of drug-likeness (QED) is 0.728. The minimum atomic E-state index is 0.382. The van der Waals surface area contributed by atoms with Crippen LogP contribution in [-0.4, -0.2) is 12.1 Å². The van der Waals surface area contributed by atoms with E-state index in [1.165, 1.54) is 25.7 Å². The molecule has 0 amide bonds. The van der Waals surface area contributed by atoms with Crippen LogP contribution in [0.5, 0.6) is 0 Å². The highest BCUT2D eigenvalue weighted by Gasteiger charge is 2.29. The second-order valence-electron chi connectivity index (χ2n) is 7.19. The van der Waals surface area contributed by atoms with Crippen LogP contribution < -0.4 is 5.32 Å². The Bertz CT molecular complexity index is 190. The fourth-order valence-electron chi connectivity index (χ4n) is 2.17. The third-order valence-corrected chi connectivity index (χ3v) is 4.12. The highest BCUT2D eigenvalue weighted by Crippen LogP contribution is 2.35. The van der Waals surface area contributed by atoms with Gasteiger partial charge in [-0.25, -0.2) is 0 Å². The Morgan fingerprint density at radius 1 is 1.13 bits per heavy atom. The van der Waals surface area contributed by atoms with Crippen LogP contribution >= 0.6 is 0 Å². The van der Waals surface area contributed by atoms with E-state index in [9.17, 15) is 0 Å². The molecule has 1 fully saturated rings. The van der Waals surface area contributed by atoms with Gasteiger partial charge in [0.2, 0.25) is 0 Å². The zero-order valence-electron chi connectivity index (χ0n) is 11.5. The predicted molar refractivity (Wildman–Crippen MR) is 68.1 cm³/mol. The van der Waals surface area contributed by atoms with Gasteiger partial charge in [-0.3, -0.25) is 0 Å². The summed E-state index contributed by atoms with van der Waals surface area (Å²) in [4.78, 5) is 0. The van der Waals surface area contributed by atoms with Crippen molar-refractivity contribution < 1.29 is 0 Å². The molecule has 1 N–H and O–H groups in total. The first-order chi connectivity index (χ1) is 6.71. The summed E-state index contributed by atoms with van der Waals surface area (Å²) in [5.74, 6) is 0. The van der Waals surface area contributed by atoms with Crippen molar-refractivity contribution in [1.29, 1.82) is 0 Å². The monoisotopic (exact) mass is 211 g/mol. The molecular weight excluding hydrogens is 182 g/mol. The lowest BCUT2D eigenvalue weighted by Crippen LogP contribution is -2.46. The number of hydrogen-bond donors (Lipinski definition) is 1. The van der Waals surface area contributed by atoms with Crippen LogP contribution in [0.15, 0.2) is 0 Å². The van der Waals surface area contributed by atoms with Gasteiger partial charge in [-0.05, 0) is 43.4 Å². The van der Waals surface area contributed by atoms with Crippen LogP contribution in [0.3, 0.4) is 0 Å². The van der Waals surface area contributed by atoms with Gasteiger partial charge in [-0.1, -0.05) is 34.6 Å². The SMILES string of the molecule is CC(NC1CCC(C)(C)CC1)C(C)(C)C. The Morgan fingerprint density at radius 3 is 2.00 bits per heavy atom. The van der Waals surface area contributed by atoms with E-state index in [0.29, 0.717) is 16.9 Å². The van der Waals surface area contributed by atoms with E-state index in [1.807, 2.05) is 0 Å². The van der Waals surface area contributed by atoms with Crippen molar-refractivity contribution in [3.8, 4) is 0 Å². The summed E-state index contributed by atoms with van der Waals surface area (Å²) in [6.45, 7) is 14.1. The third kappa shape index (κ3) is 4.14. The Kier molecular flexibility index (Phi) is 3.86. The Morgan fingerprint density at radius 2 is 1.60 bits per heavy atom. The Hall–Kier alpha value is -0.0400. The highest BCUT2D eigenvalue weighted by atomic mass is 15.0. The van der Waals surface area contributed by atoms with E-state index in [-0.39, 0.29) is 0 Å². The second kappa shape index (κ2) is 4.45. The van der Waals surface area contributed by atoms with Gasteiger partial charge >= 0.3 is 0 Å². The predicted octanol–water partition coefficient (Wildman–Crippen LogP) is 3.98. The maximum absolute atomic E-state index is 3.80. The molecule has 0 heterocycles. The number of nitrogens with one attached hydrogen (secondary N) is 1. The Labute approximate surface area is 96.0 Å². The van der Waals surface area contributed by atoms with Crippen LogP contribution in [0, 0.1) is 10.8 Å². The smallest absolute Gasteiger partial charge is 0.00898 e. The largest absolute Gasteiger partial charge is 0.311 e. The minimum absolute atomic E-state index is 0.382. The van der Waals surface area contributed by atoms with Gasteiger partial charge in [-0.2, -0.15) is 0 Å². The maximum atomic E-state index is 3.80. The summed E-state index contributed by atoms with van der Waals surface area (Å²) in [7, 11) is 0. The molecule has 90 valence electrons. The molecule has 0 radical (unpaired) electrons. The molecule has 0 spiro atoms. The van der Waals surface area contributed by atoms with Crippen LogP contribution in [0.25, 0.3) is 0 Å². The van der Waals surface area contributed by atoms with E-state index >= 15 is 0 Å². The van der Waals surface area contributed by atoms with Gasteiger partial charge in [0.05, 0.1) is 0 Å². The summed E-state index contributed by atoms with van der Waals surface area (Å²) < 4.78 is 0. The van der Waals surface area contributed by atoms with Crippen LogP contribution in [-0.2, 0) is 0 Å². The molecule has 1 unspecified atom stereocenters. The summed E-state index contributed by atoms with van der Waals surface area (Å²) in [6, 6.07) is 1.37. The molecule has 15 heavy (non-hydrogen) atoms. The van der Waals surface area contributed by atoms with Gasteiger partial charge in [0.1, 0.15) is 0 Å². The molecule has 1 aliphatic carbocycles. The molecule has 0 aromatic rings. The lowest BCUT2D eigenvalue weighted by Gasteiger charge is -2.38. The van der Waals surface area contributed by atoms with Crippen molar-refractivity contribution in [1.82, 2.24) is 5.32 Å². The lowest BCUT2D eigenvalue weighted by atomic mass is 9.75. The molecule has 0 bridgehead atoms. The molecule has 1 nitrogen and oxygen atoms in total. The van der Waals surface area contributed by atoms with E-state index in [0.717, 1.165) is 6.04 Å². The summed E-state index contributed by atoms with van der Waals surface area (Å²) in [6.07, 6.45) is 5.46. The topological polar surface area (TPSA) is 12.0 Å². The van der Waals surface area contributed by atoms with Crippen LogP contribution in [0.4, 0.5) is 0 Å². The lowest BCUT2D eigenvalue weighted by molar-refractivity contribution is 0.175. The molecule has 1 atom stereocenters. The summed E-state index contributed by atoms with van der Waals surface area (Å²) in [5.41, 5.74) is 0.968. The maximum Gasteiger partial charge on any atom is 0.00898 e.